The lowest BCUT2D eigenvalue weighted by Gasteiger charge is -2.44. The zero-order chi connectivity index (χ0) is 6.43. The molecule has 0 aromatic heterocycles. The van der Waals surface area contributed by atoms with Crippen LogP contribution < -0.4 is 0 Å². The first-order valence-electron chi connectivity index (χ1n) is 3.50. The van der Waals surface area contributed by atoms with Gasteiger partial charge < -0.3 is 9.71 Å². The maximum absolute atomic E-state index is 5.69. The van der Waals surface area contributed by atoms with E-state index in [1.54, 1.807) is 0 Å². The summed E-state index contributed by atoms with van der Waals surface area (Å²) in [6, 6.07) is 1.45. The van der Waals surface area contributed by atoms with Gasteiger partial charge in [0.1, 0.15) is 0 Å². The normalized spacial score (nSPS) is 44.6. The summed E-state index contributed by atoms with van der Waals surface area (Å²) in [4.78, 5) is 4.35. The van der Waals surface area contributed by atoms with E-state index < -0.39 is 0 Å². The molecule has 0 amide bonds. The summed E-state index contributed by atoms with van der Waals surface area (Å²) in [6.07, 6.45) is 1.26. The van der Waals surface area contributed by atoms with Crippen molar-refractivity contribution in [3.05, 3.63) is 0 Å². The van der Waals surface area contributed by atoms with Gasteiger partial charge in [-0.05, 0) is 20.0 Å². The van der Waals surface area contributed by atoms with Crippen molar-refractivity contribution in [2.45, 2.75) is 18.5 Å². The van der Waals surface area contributed by atoms with Crippen LogP contribution in [0.25, 0.3) is 0 Å². The fraction of sp³-hybridized carbons (Fsp3) is 1.00. The maximum atomic E-state index is 5.69. The van der Waals surface area contributed by atoms with E-state index >= 15 is 0 Å². The Hall–Kier alpha value is -0.0151. The van der Waals surface area contributed by atoms with Crippen LogP contribution in [0, 0.1) is 0 Å². The van der Waals surface area contributed by atoms with E-state index in [4.69, 9.17) is 7.98 Å². The molecule has 2 heterocycles. The highest BCUT2D eigenvalue weighted by Crippen LogP contribution is 2.28. The first kappa shape index (κ1) is 5.75. The zero-order valence-electron chi connectivity index (χ0n) is 5.75. The lowest BCUT2D eigenvalue weighted by molar-refractivity contribution is 0.0782. The van der Waals surface area contributed by atoms with E-state index in [9.17, 15) is 0 Å². The molecular weight excluding hydrogens is 111 g/mol. The number of fused-ring (bicyclic) bond motifs is 1. The van der Waals surface area contributed by atoms with Gasteiger partial charge in [0.15, 0.2) is 7.98 Å². The molecule has 2 radical (unpaired) electrons. The topological polar surface area (TPSA) is 6.48 Å². The molecule has 0 bridgehead atoms. The second-order valence-electron chi connectivity index (χ2n) is 3.10. The van der Waals surface area contributed by atoms with Crippen LogP contribution in [0.2, 0.25) is 0 Å². The maximum Gasteiger partial charge on any atom is 0.183 e. The molecule has 2 saturated heterocycles. The monoisotopic (exact) mass is 122 g/mol. The molecule has 0 unspecified atom stereocenters. The Labute approximate surface area is 57.2 Å². The highest BCUT2D eigenvalue weighted by molar-refractivity contribution is 6.04. The summed E-state index contributed by atoms with van der Waals surface area (Å²) >= 11 is 0. The van der Waals surface area contributed by atoms with Crippen LogP contribution in [-0.2, 0) is 0 Å². The van der Waals surface area contributed by atoms with E-state index in [0.717, 1.165) is 12.6 Å². The Morgan fingerprint density at radius 1 is 1.44 bits per heavy atom. The molecule has 2 nitrogen and oxygen atoms in total. The van der Waals surface area contributed by atoms with Gasteiger partial charge in [-0.15, -0.1) is 0 Å². The minimum absolute atomic E-state index is 0.676. The van der Waals surface area contributed by atoms with Gasteiger partial charge in [0.2, 0.25) is 0 Å². The second-order valence-corrected chi connectivity index (χ2v) is 3.10. The molecule has 0 saturated carbocycles. The van der Waals surface area contributed by atoms with Crippen molar-refractivity contribution in [2.75, 3.05) is 20.1 Å². The second kappa shape index (κ2) is 1.73. The standard InChI is InChI=1S/C6H11BN2/c1-8-4-6-5(8)2-3-9(6)7/h5-6H,2-4H2,1H3/t5-,6-/m1/s1. The van der Waals surface area contributed by atoms with Gasteiger partial charge in [0.25, 0.3) is 0 Å². The average molecular weight is 122 g/mol. The Kier molecular flexibility index (Phi) is 1.11. The first-order valence-corrected chi connectivity index (χ1v) is 3.50. The number of rotatable bonds is 0. The van der Waals surface area contributed by atoms with Crippen molar-refractivity contribution in [1.29, 1.82) is 0 Å². The summed E-state index contributed by atoms with van der Waals surface area (Å²) in [5.74, 6) is 0. The third-order valence-electron chi connectivity index (χ3n) is 2.59. The van der Waals surface area contributed by atoms with E-state index in [2.05, 4.69) is 11.9 Å². The molecule has 2 rings (SSSR count). The van der Waals surface area contributed by atoms with Gasteiger partial charge in [-0.2, -0.15) is 0 Å². The largest absolute Gasteiger partial charge is 0.349 e. The van der Waals surface area contributed by atoms with Crippen molar-refractivity contribution in [3.8, 4) is 0 Å². The minimum Gasteiger partial charge on any atom is -0.349 e. The Morgan fingerprint density at radius 2 is 2.22 bits per heavy atom. The Morgan fingerprint density at radius 3 is 2.67 bits per heavy atom. The van der Waals surface area contributed by atoms with Crippen molar-refractivity contribution >= 4 is 7.98 Å². The Bertz CT molecular complexity index is 126. The van der Waals surface area contributed by atoms with Gasteiger partial charge in [-0.25, -0.2) is 0 Å². The third-order valence-corrected chi connectivity index (χ3v) is 2.59. The van der Waals surface area contributed by atoms with Crippen LogP contribution in [0.5, 0.6) is 0 Å². The van der Waals surface area contributed by atoms with Crippen LogP contribution in [0.3, 0.4) is 0 Å². The number of likely N-dealkylation sites (tertiary alicyclic amines) is 1. The minimum atomic E-state index is 0.676. The first-order chi connectivity index (χ1) is 4.29. The van der Waals surface area contributed by atoms with Crippen molar-refractivity contribution in [1.82, 2.24) is 9.71 Å². The third kappa shape index (κ3) is 0.649. The van der Waals surface area contributed by atoms with Crippen molar-refractivity contribution in [2.24, 2.45) is 0 Å². The van der Waals surface area contributed by atoms with E-state index in [1.165, 1.54) is 13.0 Å². The van der Waals surface area contributed by atoms with Gasteiger partial charge >= 0.3 is 0 Å². The van der Waals surface area contributed by atoms with E-state index in [-0.39, 0.29) is 0 Å². The van der Waals surface area contributed by atoms with Crippen LogP contribution >= 0.6 is 0 Å². The summed E-state index contributed by atoms with van der Waals surface area (Å²) in [5.41, 5.74) is 0. The average Bonchev–Trinajstić information content (AvgIpc) is 2.07. The van der Waals surface area contributed by atoms with Gasteiger partial charge in [0.05, 0.1) is 0 Å². The molecule has 0 N–H and O–H groups in total. The summed E-state index contributed by atoms with van der Waals surface area (Å²) < 4.78 is 0. The van der Waals surface area contributed by atoms with Gasteiger partial charge in [0, 0.05) is 18.6 Å². The van der Waals surface area contributed by atoms with Crippen molar-refractivity contribution in [3.63, 3.8) is 0 Å². The number of likely N-dealkylation sites (N-methyl/N-ethyl adjacent to an activating group) is 1. The molecule has 2 fully saturated rings. The summed E-state index contributed by atoms with van der Waals surface area (Å²) in [5, 5.41) is 0. The molecule has 2 aliphatic rings. The molecule has 2 atom stereocenters. The van der Waals surface area contributed by atoms with Gasteiger partial charge in [-0.1, -0.05) is 0 Å². The van der Waals surface area contributed by atoms with E-state index in [1.807, 2.05) is 4.81 Å². The quantitative estimate of drug-likeness (QED) is 0.398. The smallest absolute Gasteiger partial charge is 0.183 e. The highest BCUT2D eigenvalue weighted by Gasteiger charge is 2.42. The Balaban J connectivity index is 2.03. The molecule has 9 heavy (non-hydrogen) atoms. The predicted octanol–water partition coefficient (Wildman–Crippen LogP) is -0.542. The number of hydrogen-bond donors (Lipinski definition) is 0. The molecular formula is C6H11BN2. The lowest BCUT2D eigenvalue weighted by atomic mass is 9.97. The van der Waals surface area contributed by atoms with Crippen LogP contribution in [0.15, 0.2) is 0 Å². The fourth-order valence-electron chi connectivity index (χ4n) is 1.89. The molecule has 3 heteroatoms. The highest BCUT2D eigenvalue weighted by atomic mass is 15.3. The van der Waals surface area contributed by atoms with Crippen molar-refractivity contribution < 1.29 is 0 Å². The fourth-order valence-corrected chi connectivity index (χ4v) is 1.89. The number of nitrogens with zero attached hydrogens (tertiary/aromatic N) is 2. The van der Waals surface area contributed by atoms with Crippen LogP contribution in [0.1, 0.15) is 6.42 Å². The van der Waals surface area contributed by atoms with Crippen LogP contribution in [0.4, 0.5) is 0 Å². The predicted molar refractivity (Wildman–Crippen MR) is 37.3 cm³/mol. The molecule has 0 aromatic rings. The van der Waals surface area contributed by atoms with Crippen LogP contribution in [-0.4, -0.2) is 49.9 Å². The van der Waals surface area contributed by atoms with Gasteiger partial charge in [-0.3, -0.25) is 0 Å². The zero-order valence-corrected chi connectivity index (χ0v) is 5.75. The van der Waals surface area contributed by atoms with E-state index in [0.29, 0.717) is 6.04 Å². The lowest BCUT2D eigenvalue weighted by Crippen LogP contribution is -2.59. The summed E-state index contributed by atoms with van der Waals surface area (Å²) in [6.45, 7) is 2.25. The molecule has 48 valence electrons. The molecule has 0 spiro atoms. The molecule has 0 aromatic carbocycles. The summed E-state index contributed by atoms with van der Waals surface area (Å²) in [7, 11) is 7.86. The SMILES string of the molecule is [B]N1CC[C@@H]2[C@H]1CN2C. The molecule has 0 aliphatic carbocycles. The molecule has 2 aliphatic heterocycles. The number of hydrogen-bond acceptors (Lipinski definition) is 2.